The number of benzene rings is 1. The number of amides is 2. The van der Waals surface area contributed by atoms with E-state index in [-0.39, 0.29) is 13.2 Å². The van der Waals surface area contributed by atoms with Crippen molar-refractivity contribution in [1.82, 2.24) is 5.32 Å². The van der Waals surface area contributed by atoms with Gasteiger partial charge in [-0.25, -0.2) is 4.79 Å². The van der Waals surface area contributed by atoms with Gasteiger partial charge in [-0.15, -0.1) is 0 Å². The molecule has 0 atom stereocenters. The molecule has 0 fully saturated rings. The predicted octanol–water partition coefficient (Wildman–Crippen LogP) is 1.40. The molecule has 0 spiro atoms. The van der Waals surface area contributed by atoms with Crippen molar-refractivity contribution in [2.24, 2.45) is 0 Å². The van der Waals surface area contributed by atoms with E-state index in [9.17, 15) is 9.59 Å². The number of ether oxygens (including phenoxy) is 4. The van der Waals surface area contributed by atoms with E-state index in [1.807, 2.05) is 0 Å². The molecule has 0 saturated heterocycles. The van der Waals surface area contributed by atoms with Crippen molar-refractivity contribution < 1.29 is 28.5 Å². The summed E-state index contributed by atoms with van der Waals surface area (Å²) in [5.41, 5.74) is 0.427. The van der Waals surface area contributed by atoms with Gasteiger partial charge in [-0.2, -0.15) is 0 Å². The summed E-state index contributed by atoms with van der Waals surface area (Å²) in [4.78, 5) is 22.9. The summed E-state index contributed by atoms with van der Waals surface area (Å²) in [5, 5.41) is 4.95. The number of nitrogens with one attached hydrogen (secondary N) is 2. The van der Waals surface area contributed by atoms with E-state index in [1.54, 1.807) is 19.1 Å². The minimum Gasteiger partial charge on any atom is -0.493 e. The molecule has 8 nitrogen and oxygen atoms in total. The SMILES string of the molecule is CCOC(=O)CNC(=O)Nc1cc(OC)c(OC)c(OC)c1. The third-order valence-corrected chi connectivity index (χ3v) is 2.62. The van der Waals surface area contributed by atoms with Crippen LogP contribution in [0.4, 0.5) is 10.5 Å². The van der Waals surface area contributed by atoms with Crippen molar-refractivity contribution in [3.63, 3.8) is 0 Å². The van der Waals surface area contributed by atoms with Crippen LogP contribution in [0, 0.1) is 0 Å². The molecule has 8 heteroatoms. The summed E-state index contributed by atoms with van der Waals surface area (Å²) in [6.45, 7) is 1.73. The Morgan fingerprint density at radius 1 is 1.05 bits per heavy atom. The Hall–Kier alpha value is -2.64. The summed E-state index contributed by atoms with van der Waals surface area (Å²) in [5.74, 6) is 0.718. The standard InChI is InChI=1S/C14H20N2O6/c1-5-22-12(17)8-15-14(18)16-9-6-10(19-2)13(21-4)11(7-9)20-3/h6-7H,5,8H2,1-4H3,(H2,15,16,18). The minimum atomic E-state index is -0.553. The highest BCUT2D eigenvalue weighted by Crippen LogP contribution is 2.39. The first kappa shape index (κ1) is 17.4. The molecular weight excluding hydrogens is 292 g/mol. The van der Waals surface area contributed by atoms with Crippen molar-refractivity contribution in [3.05, 3.63) is 12.1 Å². The largest absolute Gasteiger partial charge is 0.493 e. The Kier molecular flexibility index (Phi) is 6.81. The van der Waals surface area contributed by atoms with Gasteiger partial charge in [0.05, 0.1) is 33.6 Å². The van der Waals surface area contributed by atoms with Gasteiger partial charge in [-0.1, -0.05) is 0 Å². The van der Waals surface area contributed by atoms with Crippen LogP contribution >= 0.6 is 0 Å². The van der Waals surface area contributed by atoms with Crippen molar-refractivity contribution in [1.29, 1.82) is 0 Å². The summed E-state index contributed by atoms with van der Waals surface area (Å²) >= 11 is 0. The second kappa shape index (κ2) is 8.60. The van der Waals surface area contributed by atoms with Gasteiger partial charge in [0, 0.05) is 12.1 Å². The van der Waals surface area contributed by atoms with Crippen LogP contribution in [0.1, 0.15) is 6.92 Å². The highest BCUT2D eigenvalue weighted by atomic mass is 16.5. The van der Waals surface area contributed by atoms with Crippen LogP contribution in [0.5, 0.6) is 17.2 Å². The van der Waals surface area contributed by atoms with Crippen LogP contribution in [-0.2, 0) is 9.53 Å². The quantitative estimate of drug-likeness (QED) is 0.739. The topological polar surface area (TPSA) is 95.1 Å². The highest BCUT2D eigenvalue weighted by molar-refractivity contribution is 5.92. The van der Waals surface area contributed by atoms with Gasteiger partial charge < -0.3 is 29.6 Å². The van der Waals surface area contributed by atoms with Crippen LogP contribution in [0.3, 0.4) is 0 Å². The van der Waals surface area contributed by atoms with Crippen LogP contribution in [-0.4, -0.2) is 46.5 Å². The van der Waals surface area contributed by atoms with Crippen LogP contribution in [0.2, 0.25) is 0 Å². The number of carbonyl (C=O) groups is 2. The second-order valence-corrected chi connectivity index (χ2v) is 4.03. The van der Waals surface area contributed by atoms with Gasteiger partial charge >= 0.3 is 12.0 Å². The van der Waals surface area contributed by atoms with Crippen LogP contribution in [0.15, 0.2) is 12.1 Å². The van der Waals surface area contributed by atoms with Gasteiger partial charge in [0.15, 0.2) is 11.5 Å². The molecule has 0 aromatic heterocycles. The fourth-order valence-electron chi connectivity index (χ4n) is 1.69. The molecule has 0 radical (unpaired) electrons. The summed E-state index contributed by atoms with van der Waals surface area (Å²) in [6, 6.07) is 2.60. The molecule has 0 heterocycles. The third kappa shape index (κ3) is 4.72. The van der Waals surface area contributed by atoms with Gasteiger partial charge in [0.25, 0.3) is 0 Å². The zero-order valence-corrected chi connectivity index (χ0v) is 13.0. The Morgan fingerprint density at radius 3 is 2.09 bits per heavy atom. The van der Waals surface area contributed by atoms with E-state index in [0.717, 1.165) is 0 Å². The Labute approximate surface area is 128 Å². The fraction of sp³-hybridized carbons (Fsp3) is 0.429. The number of anilines is 1. The summed E-state index contributed by atoms with van der Waals surface area (Å²) < 4.78 is 20.3. The molecule has 22 heavy (non-hydrogen) atoms. The van der Waals surface area contributed by atoms with Crippen molar-refractivity contribution >= 4 is 17.7 Å². The zero-order valence-electron chi connectivity index (χ0n) is 13.0. The molecule has 1 rings (SSSR count). The average molecular weight is 312 g/mol. The van der Waals surface area contributed by atoms with Gasteiger partial charge in [-0.05, 0) is 6.92 Å². The van der Waals surface area contributed by atoms with Crippen molar-refractivity contribution in [2.75, 3.05) is 39.8 Å². The first-order valence-electron chi connectivity index (χ1n) is 6.56. The maximum Gasteiger partial charge on any atom is 0.325 e. The van der Waals surface area contributed by atoms with E-state index >= 15 is 0 Å². The molecule has 0 bridgehead atoms. The average Bonchev–Trinajstić information content (AvgIpc) is 2.52. The van der Waals surface area contributed by atoms with E-state index in [4.69, 9.17) is 18.9 Å². The van der Waals surface area contributed by atoms with Gasteiger partial charge in [-0.3, -0.25) is 4.79 Å². The number of urea groups is 1. The second-order valence-electron chi connectivity index (χ2n) is 4.03. The maximum atomic E-state index is 11.7. The first-order valence-corrected chi connectivity index (χ1v) is 6.56. The number of hydrogen-bond acceptors (Lipinski definition) is 6. The molecule has 1 aromatic carbocycles. The molecule has 0 aliphatic rings. The van der Waals surface area contributed by atoms with Gasteiger partial charge in [0.1, 0.15) is 6.54 Å². The number of esters is 1. The molecular formula is C14H20N2O6. The Morgan fingerprint density at radius 2 is 1.64 bits per heavy atom. The van der Waals surface area contributed by atoms with E-state index < -0.39 is 12.0 Å². The third-order valence-electron chi connectivity index (χ3n) is 2.62. The lowest BCUT2D eigenvalue weighted by Gasteiger charge is -2.14. The monoisotopic (exact) mass is 312 g/mol. The maximum absolute atomic E-state index is 11.7. The lowest BCUT2D eigenvalue weighted by Crippen LogP contribution is -2.34. The molecule has 2 N–H and O–H groups in total. The molecule has 0 unspecified atom stereocenters. The number of carbonyl (C=O) groups excluding carboxylic acids is 2. The Bertz CT molecular complexity index is 507. The van der Waals surface area contributed by atoms with Crippen molar-refractivity contribution in [2.45, 2.75) is 6.92 Å². The normalized spacial score (nSPS) is 9.64. The number of methoxy groups -OCH3 is 3. The minimum absolute atomic E-state index is 0.218. The van der Waals surface area contributed by atoms with Crippen LogP contribution in [0.25, 0.3) is 0 Å². The summed E-state index contributed by atoms with van der Waals surface area (Å²) in [6.07, 6.45) is 0. The molecule has 0 saturated carbocycles. The lowest BCUT2D eigenvalue weighted by molar-refractivity contribution is -0.141. The molecule has 1 aromatic rings. The first-order chi connectivity index (χ1) is 10.5. The zero-order chi connectivity index (χ0) is 16.5. The number of rotatable bonds is 7. The highest BCUT2D eigenvalue weighted by Gasteiger charge is 2.14. The van der Waals surface area contributed by atoms with E-state index in [2.05, 4.69) is 10.6 Å². The summed E-state index contributed by atoms with van der Waals surface area (Å²) in [7, 11) is 4.43. The Balaban J connectivity index is 2.76. The molecule has 0 aliphatic carbocycles. The molecule has 122 valence electrons. The van der Waals surface area contributed by atoms with Crippen molar-refractivity contribution in [3.8, 4) is 17.2 Å². The number of hydrogen-bond donors (Lipinski definition) is 2. The van der Waals surface area contributed by atoms with E-state index in [1.165, 1.54) is 21.3 Å². The van der Waals surface area contributed by atoms with Gasteiger partial charge in [0.2, 0.25) is 5.75 Å². The van der Waals surface area contributed by atoms with E-state index in [0.29, 0.717) is 22.9 Å². The predicted molar refractivity (Wildman–Crippen MR) is 79.8 cm³/mol. The molecule has 0 aliphatic heterocycles. The molecule has 2 amide bonds. The fourth-order valence-corrected chi connectivity index (χ4v) is 1.69. The lowest BCUT2D eigenvalue weighted by atomic mass is 10.2. The smallest absolute Gasteiger partial charge is 0.325 e. The van der Waals surface area contributed by atoms with Crippen LogP contribution < -0.4 is 24.8 Å².